The molecule has 1 aliphatic heterocycles. The summed E-state index contributed by atoms with van der Waals surface area (Å²) in [4.78, 5) is 23.4. The molecular formula is C24H33N3O3. The molecule has 1 saturated heterocycles. The first-order valence-corrected chi connectivity index (χ1v) is 10.5. The van der Waals surface area contributed by atoms with E-state index in [4.69, 9.17) is 4.74 Å². The zero-order chi connectivity index (χ0) is 22.1. The summed E-state index contributed by atoms with van der Waals surface area (Å²) in [5.41, 5.74) is 3.81. The van der Waals surface area contributed by atoms with Crippen molar-refractivity contribution in [2.24, 2.45) is 5.41 Å². The number of anilines is 1. The highest BCUT2D eigenvalue weighted by Gasteiger charge is 2.35. The highest BCUT2D eigenvalue weighted by Crippen LogP contribution is 2.43. The highest BCUT2D eigenvalue weighted by molar-refractivity contribution is 5.86. The van der Waals surface area contributed by atoms with Crippen molar-refractivity contribution in [2.45, 2.75) is 66.1 Å². The lowest BCUT2D eigenvalue weighted by atomic mass is 9.82. The fourth-order valence-corrected chi connectivity index (χ4v) is 3.93. The quantitative estimate of drug-likeness (QED) is 0.745. The molecule has 6 nitrogen and oxygen atoms in total. The SMILES string of the molecule is Cc1ncc(-c2ccncc2)c(N2CCC(C)(C)CC2)c1C(OC(C)(C)C)C(=O)O. The molecule has 30 heavy (non-hydrogen) atoms. The number of aryl methyl sites for hydroxylation is 1. The van der Waals surface area contributed by atoms with Gasteiger partial charge in [-0.05, 0) is 63.6 Å². The Hall–Kier alpha value is -2.47. The maximum atomic E-state index is 12.3. The minimum atomic E-state index is -1.09. The average molecular weight is 412 g/mol. The summed E-state index contributed by atoms with van der Waals surface area (Å²) in [5, 5.41) is 10.1. The van der Waals surface area contributed by atoms with Crippen LogP contribution in [0.3, 0.4) is 0 Å². The van der Waals surface area contributed by atoms with E-state index in [2.05, 4.69) is 28.7 Å². The number of carbonyl (C=O) groups is 1. The second kappa shape index (κ2) is 8.34. The normalized spacial score (nSPS) is 17.6. The Labute approximate surface area is 179 Å². The van der Waals surface area contributed by atoms with E-state index >= 15 is 0 Å². The third-order valence-electron chi connectivity index (χ3n) is 5.67. The maximum absolute atomic E-state index is 12.3. The number of ether oxygens (including phenoxy) is 1. The molecule has 0 radical (unpaired) electrons. The number of nitrogens with zero attached hydrogens (tertiary/aromatic N) is 3. The van der Waals surface area contributed by atoms with Crippen LogP contribution in [0.4, 0.5) is 5.69 Å². The van der Waals surface area contributed by atoms with Crippen LogP contribution in [-0.4, -0.2) is 39.7 Å². The van der Waals surface area contributed by atoms with Crippen molar-refractivity contribution in [1.82, 2.24) is 9.97 Å². The lowest BCUT2D eigenvalue weighted by molar-refractivity contribution is -0.160. The Morgan fingerprint density at radius 2 is 1.80 bits per heavy atom. The van der Waals surface area contributed by atoms with Crippen LogP contribution in [0.2, 0.25) is 0 Å². The molecule has 1 N–H and O–H groups in total. The summed E-state index contributed by atoms with van der Waals surface area (Å²) in [5.74, 6) is -1.000. The number of hydrogen-bond acceptors (Lipinski definition) is 5. The number of aliphatic carboxylic acids is 1. The van der Waals surface area contributed by atoms with Gasteiger partial charge in [0.05, 0.1) is 11.3 Å². The van der Waals surface area contributed by atoms with Gasteiger partial charge in [0, 0.05) is 48.5 Å². The Kier molecular flexibility index (Phi) is 6.18. The second-order valence-corrected chi connectivity index (χ2v) is 9.86. The van der Waals surface area contributed by atoms with Crippen molar-refractivity contribution < 1.29 is 14.6 Å². The molecule has 162 valence electrons. The third kappa shape index (κ3) is 4.98. The molecule has 6 heteroatoms. The minimum absolute atomic E-state index is 0.281. The first-order valence-electron chi connectivity index (χ1n) is 10.5. The van der Waals surface area contributed by atoms with E-state index in [0.717, 1.165) is 42.7 Å². The number of aromatic nitrogens is 2. The number of carboxylic acids is 1. The molecule has 2 aromatic rings. The van der Waals surface area contributed by atoms with Gasteiger partial charge in [-0.3, -0.25) is 9.97 Å². The Balaban J connectivity index is 2.21. The summed E-state index contributed by atoms with van der Waals surface area (Å²) >= 11 is 0. The van der Waals surface area contributed by atoms with Gasteiger partial charge in [-0.25, -0.2) is 4.79 Å². The Bertz CT molecular complexity index is 894. The molecule has 0 aromatic carbocycles. The summed E-state index contributed by atoms with van der Waals surface area (Å²) < 4.78 is 6.05. The zero-order valence-electron chi connectivity index (χ0n) is 18.9. The lowest BCUT2D eigenvalue weighted by Gasteiger charge is -2.41. The van der Waals surface area contributed by atoms with Gasteiger partial charge in [0.25, 0.3) is 0 Å². The zero-order valence-corrected chi connectivity index (χ0v) is 18.9. The monoisotopic (exact) mass is 411 g/mol. The van der Waals surface area contributed by atoms with E-state index in [9.17, 15) is 9.90 Å². The number of rotatable bonds is 5. The molecule has 0 aliphatic carbocycles. The van der Waals surface area contributed by atoms with Gasteiger partial charge in [-0.1, -0.05) is 13.8 Å². The second-order valence-electron chi connectivity index (χ2n) is 9.86. The van der Waals surface area contributed by atoms with Crippen molar-refractivity contribution >= 4 is 11.7 Å². The first kappa shape index (κ1) is 22.2. The van der Waals surface area contributed by atoms with Crippen molar-refractivity contribution in [3.8, 4) is 11.1 Å². The predicted molar refractivity (Wildman–Crippen MR) is 119 cm³/mol. The molecule has 0 spiro atoms. The van der Waals surface area contributed by atoms with E-state index in [1.807, 2.05) is 46.0 Å². The predicted octanol–water partition coefficient (Wildman–Crippen LogP) is 5.02. The van der Waals surface area contributed by atoms with Crippen LogP contribution in [0, 0.1) is 12.3 Å². The van der Waals surface area contributed by atoms with E-state index in [-0.39, 0.29) is 5.41 Å². The molecule has 1 unspecified atom stereocenters. The molecule has 0 amide bonds. The maximum Gasteiger partial charge on any atom is 0.337 e. The van der Waals surface area contributed by atoms with Gasteiger partial charge >= 0.3 is 5.97 Å². The molecule has 0 saturated carbocycles. The standard InChI is InChI=1S/C24H33N3O3/c1-16-19(21(22(28)29)30-23(2,3)4)20(27-13-9-24(5,6)10-14-27)18(15-26-16)17-7-11-25-12-8-17/h7-8,11-12,15,21H,9-10,13-14H2,1-6H3,(H,28,29). The summed E-state index contributed by atoms with van der Waals surface area (Å²) in [6, 6.07) is 3.88. The molecule has 0 bridgehead atoms. The number of pyridine rings is 2. The number of hydrogen-bond donors (Lipinski definition) is 1. The summed E-state index contributed by atoms with van der Waals surface area (Å²) in [6.45, 7) is 13.8. The van der Waals surface area contributed by atoms with Crippen LogP contribution in [-0.2, 0) is 9.53 Å². The van der Waals surface area contributed by atoms with Crippen molar-refractivity contribution in [2.75, 3.05) is 18.0 Å². The van der Waals surface area contributed by atoms with E-state index in [1.165, 1.54) is 0 Å². The topological polar surface area (TPSA) is 75.5 Å². The molecule has 3 heterocycles. The smallest absolute Gasteiger partial charge is 0.337 e. The summed E-state index contributed by atoms with van der Waals surface area (Å²) in [7, 11) is 0. The fourth-order valence-electron chi connectivity index (χ4n) is 3.93. The minimum Gasteiger partial charge on any atom is -0.479 e. The van der Waals surface area contributed by atoms with E-state index < -0.39 is 17.7 Å². The number of piperidine rings is 1. The van der Waals surface area contributed by atoms with Crippen LogP contribution < -0.4 is 4.90 Å². The van der Waals surface area contributed by atoms with Gasteiger partial charge in [0.15, 0.2) is 6.10 Å². The van der Waals surface area contributed by atoms with Crippen molar-refractivity contribution in [1.29, 1.82) is 0 Å². The Morgan fingerprint density at radius 3 is 2.33 bits per heavy atom. The van der Waals surface area contributed by atoms with Gasteiger partial charge in [-0.15, -0.1) is 0 Å². The largest absolute Gasteiger partial charge is 0.479 e. The van der Waals surface area contributed by atoms with Gasteiger partial charge in [-0.2, -0.15) is 0 Å². The first-order chi connectivity index (χ1) is 14.0. The van der Waals surface area contributed by atoms with Gasteiger partial charge < -0.3 is 14.7 Å². The van der Waals surface area contributed by atoms with Crippen molar-refractivity contribution in [3.63, 3.8) is 0 Å². The van der Waals surface area contributed by atoms with Gasteiger partial charge in [0.1, 0.15) is 0 Å². The van der Waals surface area contributed by atoms with Crippen molar-refractivity contribution in [3.05, 3.63) is 42.0 Å². The highest BCUT2D eigenvalue weighted by atomic mass is 16.5. The molecule has 1 fully saturated rings. The van der Waals surface area contributed by atoms with Gasteiger partial charge in [0.2, 0.25) is 0 Å². The van der Waals surface area contributed by atoms with Crippen LogP contribution in [0.25, 0.3) is 11.1 Å². The van der Waals surface area contributed by atoms with E-state index in [1.54, 1.807) is 12.4 Å². The molecule has 3 rings (SSSR count). The lowest BCUT2D eigenvalue weighted by Crippen LogP contribution is -2.39. The van der Waals surface area contributed by atoms with Crippen LogP contribution in [0.1, 0.15) is 64.8 Å². The molecular weight excluding hydrogens is 378 g/mol. The molecule has 2 aromatic heterocycles. The molecule has 1 atom stereocenters. The molecule has 1 aliphatic rings. The summed E-state index contributed by atoms with van der Waals surface area (Å²) in [6.07, 6.45) is 6.34. The fraction of sp³-hybridized carbons (Fsp3) is 0.542. The third-order valence-corrected chi connectivity index (χ3v) is 5.67. The van der Waals surface area contributed by atoms with Crippen LogP contribution in [0.5, 0.6) is 0 Å². The van der Waals surface area contributed by atoms with Crippen LogP contribution >= 0.6 is 0 Å². The average Bonchev–Trinajstić information content (AvgIpc) is 2.66. The van der Waals surface area contributed by atoms with E-state index in [0.29, 0.717) is 11.3 Å². The number of carboxylic acid groups (broad SMARTS) is 1. The Morgan fingerprint density at radius 1 is 1.20 bits per heavy atom. The van der Waals surface area contributed by atoms with Crippen LogP contribution in [0.15, 0.2) is 30.7 Å².